The lowest BCUT2D eigenvalue weighted by Gasteiger charge is -2.68. The van der Waals surface area contributed by atoms with Crippen molar-refractivity contribution in [2.45, 2.75) is 62.6 Å². The Morgan fingerprint density at radius 3 is 2.68 bits per heavy atom. The zero-order valence-electron chi connectivity index (χ0n) is 20.5. The van der Waals surface area contributed by atoms with Gasteiger partial charge in [-0.1, -0.05) is 11.6 Å². The molecule has 1 aromatic heterocycles. The first-order valence-electron chi connectivity index (χ1n) is 12.4. The van der Waals surface area contributed by atoms with Crippen molar-refractivity contribution in [2.24, 2.45) is 5.41 Å². The molecule has 9 nitrogen and oxygen atoms in total. The highest BCUT2D eigenvalue weighted by Crippen LogP contribution is 2.67. The van der Waals surface area contributed by atoms with Crippen LogP contribution in [0.15, 0.2) is 35.3 Å². The lowest BCUT2D eigenvalue weighted by atomic mass is 9.39. The van der Waals surface area contributed by atoms with Crippen LogP contribution in [0.4, 0.5) is 0 Å². The molecular weight excluding hydrogens is 498 g/mol. The number of nitriles is 1. The van der Waals surface area contributed by atoms with Crippen molar-refractivity contribution in [1.29, 1.82) is 5.26 Å². The van der Waals surface area contributed by atoms with Gasteiger partial charge in [0, 0.05) is 40.8 Å². The van der Waals surface area contributed by atoms with Crippen molar-refractivity contribution in [3.63, 3.8) is 0 Å². The van der Waals surface area contributed by atoms with E-state index < -0.39 is 28.5 Å². The number of amides is 1. The summed E-state index contributed by atoms with van der Waals surface area (Å²) < 4.78 is 12.8. The fourth-order valence-electron chi connectivity index (χ4n) is 6.06. The SMILES string of the molecule is COc1cn(C(C[C@@H]2CCCCO2)C(=O)NC23CC(C(=O)O)(C2)C3)c(=O)cc1-c1cc(Cl)ccc1C#N. The molecular formula is C27H28ClN3O6. The van der Waals surface area contributed by atoms with E-state index in [-0.39, 0.29) is 12.0 Å². The van der Waals surface area contributed by atoms with Crippen molar-refractivity contribution < 1.29 is 24.2 Å². The van der Waals surface area contributed by atoms with Gasteiger partial charge >= 0.3 is 5.97 Å². The molecule has 0 radical (unpaired) electrons. The van der Waals surface area contributed by atoms with Crippen LogP contribution in [-0.4, -0.2) is 46.9 Å². The highest BCUT2D eigenvalue weighted by atomic mass is 35.5. The molecule has 2 heterocycles. The molecule has 3 aliphatic carbocycles. The quantitative estimate of drug-likeness (QED) is 0.537. The van der Waals surface area contributed by atoms with Gasteiger partial charge in [0.15, 0.2) is 0 Å². The van der Waals surface area contributed by atoms with Crippen LogP contribution < -0.4 is 15.6 Å². The standard InChI is InChI=1S/C27H28ClN3O6/c1-36-22-12-31(23(32)10-20(22)19-8-17(28)6-5-16(19)11-29)21(9-18-4-2-3-7-37-18)24(33)30-27-13-26(14-27,15-27)25(34)35/h5-6,8,10,12,18,21H,2-4,7,9,13-15H2,1H3,(H,30,33)(H,34,35)/t18-,21?,26?,27?/m0/s1. The number of aliphatic carboxylic acids is 1. The minimum absolute atomic E-state index is 0.182. The highest BCUT2D eigenvalue weighted by molar-refractivity contribution is 6.31. The second kappa shape index (κ2) is 9.51. The first-order valence-corrected chi connectivity index (χ1v) is 12.7. The number of nitrogens with one attached hydrogen (secondary N) is 1. The number of hydrogen-bond acceptors (Lipinski definition) is 6. The Hall–Kier alpha value is -3.35. The second-order valence-corrected chi connectivity index (χ2v) is 10.9. The number of ether oxygens (including phenoxy) is 2. The van der Waals surface area contributed by atoms with Gasteiger partial charge in [-0.3, -0.25) is 19.0 Å². The zero-order valence-corrected chi connectivity index (χ0v) is 21.2. The highest BCUT2D eigenvalue weighted by Gasteiger charge is 2.72. The summed E-state index contributed by atoms with van der Waals surface area (Å²) in [5.74, 6) is -0.855. The molecule has 4 aliphatic rings. The molecule has 0 spiro atoms. The van der Waals surface area contributed by atoms with Crippen LogP contribution >= 0.6 is 11.6 Å². The van der Waals surface area contributed by atoms with Crippen LogP contribution in [0.5, 0.6) is 5.75 Å². The van der Waals surface area contributed by atoms with Crippen molar-refractivity contribution in [2.75, 3.05) is 13.7 Å². The molecule has 10 heteroatoms. The smallest absolute Gasteiger partial charge is 0.309 e. The van der Waals surface area contributed by atoms with Crippen LogP contribution in [0.2, 0.25) is 5.02 Å². The molecule has 1 aliphatic heterocycles. The number of benzene rings is 1. The van der Waals surface area contributed by atoms with E-state index in [1.807, 2.05) is 0 Å². The summed E-state index contributed by atoms with van der Waals surface area (Å²) >= 11 is 6.17. The van der Waals surface area contributed by atoms with Crippen molar-refractivity contribution in [3.8, 4) is 22.9 Å². The fraction of sp³-hybridized carbons (Fsp3) is 0.481. The van der Waals surface area contributed by atoms with Gasteiger partial charge < -0.3 is 19.9 Å². The van der Waals surface area contributed by atoms with E-state index in [9.17, 15) is 24.8 Å². The van der Waals surface area contributed by atoms with Crippen LogP contribution in [0.3, 0.4) is 0 Å². The van der Waals surface area contributed by atoms with E-state index in [0.29, 0.717) is 59.8 Å². The molecule has 2 bridgehead atoms. The molecule has 2 N–H and O–H groups in total. The maximum Gasteiger partial charge on any atom is 0.309 e. The molecule has 1 amide bonds. The van der Waals surface area contributed by atoms with E-state index in [1.165, 1.54) is 23.9 Å². The molecule has 1 saturated heterocycles. The Kier molecular flexibility index (Phi) is 6.50. The number of halogens is 1. The first kappa shape index (κ1) is 25.3. The molecule has 2 aromatic rings. The number of carboxylic acids is 1. The lowest BCUT2D eigenvalue weighted by Crippen LogP contribution is -2.77. The Labute approximate surface area is 218 Å². The van der Waals surface area contributed by atoms with Gasteiger partial charge in [0.25, 0.3) is 5.56 Å². The normalized spacial score (nSPS) is 26.7. The lowest BCUT2D eigenvalue weighted by molar-refractivity contribution is -0.200. The third-order valence-corrected chi connectivity index (χ3v) is 8.16. The van der Waals surface area contributed by atoms with E-state index in [0.717, 1.165) is 19.3 Å². The number of pyridine rings is 1. The topological polar surface area (TPSA) is 131 Å². The number of rotatable bonds is 8. The average molecular weight is 526 g/mol. The fourth-order valence-corrected chi connectivity index (χ4v) is 6.24. The molecule has 4 fully saturated rings. The molecule has 3 saturated carbocycles. The van der Waals surface area contributed by atoms with Gasteiger partial charge in [-0.2, -0.15) is 5.26 Å². The summed E-state index contributed by atoms with van der Waals surface area (Å²) in [5.41, 5.74) is -0.501. The Balaban J connectivity index is 1.49. The summed E-state index contributed by atoms with van der Waals surface area (Å²) in [6, 6.07) is 7.37. The summed E-state index contributed by atoms with van der Waals surface area (Å²) in [6.45, 7) is 0.604. The van der Waals surface area contributed by atoms with Gasteiger partial charge in [-0.05, 0) is 56.7 Å². The van der Waals surface area contributed by atoms with Crippen molar-refractivity contribution in [1.82, 2.24) is 9.88 Å². The van der Waals surface area contributed by atoms with E-state index in [1.54, 1.807) is 18.2 Å². The molecule has 1 unspecified atom stereocenters. The third kappa shape index (κ3) is 4.49. The van der Waals surface area contributed by atoms with E-state index >= 15 is 0 Å². The monoisotopic (exact) mass is 525 g/mol. The van der Waals surface area contributed by atoms with Gasteiger partial charge in [-0.25, -0.2) is 0 Å². The molecule has 1 aromatic carbocycles. The van der Waals surface area contributed by atoms with Gasteiger partial charge in [0.1, 0.15) is 11.8 Å². The molecule has 194 valence electrons. The first-order chi connectivity index (χ1) is 17.7. The minimum atomic E-state index is -0.872. The van der Waals surface area contributed by atoms with Crippen LogP contribution in [0.25, 0.3) is 11.1 Å². The summed E-state index contributed by atoms with van der Waals surface area (Å²) in [5, 5.41) is 22.5. The summed E-state index contributed by atoms with van der Waals surface area (Å²) in [4.78, 5) is 38.5. The maximum atomic E-state index is 13.6. The summed E-state index contributed by atoms with van der Waals surface area (Å²) in [6.07, 6.45) is 5.53. The van der Waals surface area contributed by atoms with Gasteiger partial charge in [0.05, 0.1) is 36.5 Å². The van der Waals surface area contributed by atoms with Gasteiger partial charge in [0.2, 0.25) is 5.91 Å². The Bertz CT molecular complexity index is 1340. The number of nitrogens with zero attached hydrogens (tertiary/aromatic N) is 2. The number of aromatic nitrogens is 1. The molecule has 2 atom stereocenters. The Morgan fingerprint density at radius 2 is 2.05 bits per heavy atom. The molecule has 37 heavy (non-hydrogen) atoms. The minimum Gasteiger partial charge on any atom is -0.495 e. The maximum absolute atomic E-state index is 13.6. The van der Waals surface area contributed by atoms with Crippen LogP contribution in [-0.2, 0) is 14.3 Å². The average Bonchev–Trinajstić information content (AvgIpc) is 2.84. The Morgan fingerprint density at radius 1 is 1.30 bits per heavy atom. The number of carbonyl (C=O) groups excluding carboxylic acids is 1. The third-order valence-electron chi connectivity index (χ3n) is 7.93. The summed E-state index contributed by atoms with van der Waals surface area (Å²) in [7, 11) is 1.46. The molecule has 6 rings (SSSR count). The number of carboxylic acid groups (broad SMARTS) is 1. The van der Waals surface area contributed by atoms with Crippen LogP contribution in [0.1, 0.15) is 56.6 Å². The second-order valence-electron chi connectivity index (χ2n) is 10.4. The number of methoxy groups -OCH3 is 1. The predicted octanol–water partition coefficient (Wildman–Crippen LogP) is 3.67. The van der Waals surface area contributed by atoms with Gasteiger partial charge in [-0.15, -0.1) is 0 Å². The number of carbonyl (C=O) groups is 2. The van der Waals surface area contributed by atoms with Crippen LogP contribution in [0, 0.1) is 16.7 Å². The van der Waals surface area contributed by atoms with Crippen molar-refractivity contribution in [3.05, 3.63) is 51.4 Å². The number of hydrogen-bond donors (Lipinski definition) is 2. The predicted molar refractivity (Wildman–Crippen MR) is 134 cm³/mol. The largest absolute Gasteiger partial charge is 0.495 e. The zero-order chi connectivity index (χ0) is 26.4. The van der Waals surface area contributed by atoms with E-state index in [2.05, 4.69) is 11.4 Å². The van der Waals surface area contributed by atoms with E-state index in [4.69, 9.17) is 21.1 Å². The van der Waals surface area contributed by atoms with Crippen molar-refractivity contribution >= 4 is 23.5 Å².